The minimum Gasteiger partial charge on any atom is -0.493 e. The van der Waals surface area contributed by atoms with Crippen LogP contribution in [0.2, 0.25) is 0 Å². The third-order valence-corrected chi connectivity index (χ3v) is 4.48. The molecule has 0 amide bonds. The molecule has 1 N–H and O–H groups in total. The summed E-state index contributed by atoms with van der Waals surface area (Å²) in [5, 5.41) is 11.4. The molecule has 9 heteroatoms. The monoisotopic (exact) mass is 360 g/mol. The quantitative estimate of drug-likeness (QED) is 0.651. The molecule has 0 radical (unpaired) electrons. The summed E-state index contributed by atoms with van der Waals surface area (Å²) < 4.78 is 10.7. The molecule has 0 fully saturated rings. The van der Waals surface area contributed by atoms with Crippen molar-refractivity contribution in [2.24, 2.45) is 0 Å². The number of nitro groups is 1. The first kappa shape index (κ1) is 17.7. The number of hydrogen-bond donors (Lipinski definition) is 1. The zero-order valence-electron chi connectivity index (χ0n) is 14.9. The van der Waals surface area contributed by atoms with E-state index in [-0.39, 0.29) is 5.82 Å². The van der Waals surface area contributed by atoms with E-state index < -0.39 is 16.2 Å². The molecule has 0 aliphatic carbocycles. The second-order valence-electron chi connectivity index (χ2n) is 6.04. The zero-order chi connectivity index (χ0) is 18.8. The van der Waals surface area contributed by atoms with Crippen molar-refractivity contribution in [2.75, 3.05) is 32.2 Å². The van der Waals surface area contributed by atoms with Crippen LogP contribution in [0.15, 0.2) is 16.9 Å². The summed E-state index contributed by atoms with van der Waals surface area (Å²) in [6, 6.07) is 3.87. The number of aryl methyl sites for hydroxylation is 1. The fraction of sp³-hybridized carbons (Fsp3) is 0.412. The average Bonchev–Trinajstić information content (AvgIpc) is 2.81. The van der Waals surface area contributed by atoms with Gasteiger partial charge in [0, 0.05) is 13.1 Å². The van der Waals surface area contributed by atoms with Gasteiger partial charge in [0.2, 0.25) is 5.82 Å². The lowest BCUT2D eigenvalue weighted by molar-refractivity contribution is -0.385. The highest BCUT2D eigenvalue weighted by Gasteiger charge is 2.28. The Kier molecular flexibility index (Phi) is 4.79. The summed E-state index contributed by atoms with van der Waals surface area (Å²) in [5.74, 6) is 1.76. The standard InChI is InChI=1S/C17H20N4O5/c1-10-18-16(15(21(23)24)17(22)19-10)20-6-4-11-8-13(25-2)14(26-3)9-12(11)5-7-20/h8-9H,4-7H2,1-3H3,(H,18,19,22). The maximum Gasteiger partial charge on any atom is 0.375 e. The van der Waals surface area contributed by atoms with Crippen LogP contribution < -0.4 is 19.9 Å². The van der Waals surface area contributed by atoms with Gasteiger partial charge in [0.05, 0.1) is 19.1 Å². The third kappa shape index (κ3) is 3.19. The van der Waals surface area contributed by atoms with Crippen LogP contribution in [0.3, 0.4) is 0 Å². The first-order valence-corrected chi connectivity index (χ1v) is 8.18. The predicted molar refractivity (Wildman–Crippen MR) is 95.4 cm³/mol. The molecular weight excluding hydrogens is 340 g/mol. The molecule has 0 spiro atoms. The smallest absolute Gasteiger partial charge is 0.375 e. The maximum atomic E-state index is 12.0. The second-order valence-corrected chi connectivity index (χ2v) is 6.04. The summed E-state index contributed by atoms with van der Waals surface area (Å²) in [5.41, 5.74) is 0.933. The Hall–Kier alpha value is -3.10. The number of nitrogens with zero attached hydrogens (tertiary/aromatic N) is 3. The van der Waals surface area contributed by atoms with Crippen molar-refractivity contribution in [3.8, 4) is 11.5 Å². The van der Waals surface area contributed by atoms with Crippen molar-refractivity contribution in [3.63, 3.8) is 0 Å². The van der Waals surface area contributed by atoms with Crippen LogP contribution >= 0.6 is 0 Å². The lowest BCUT2D eigenvalue weighted by Gasteiger charge is -2.20. The molecule has 1 aromatic heterocycles. The summed E-state index contributed by atoms with van der Waals surface area (Å²) in [6.45, 7) is 2.63. The Morgan fingerprint density at radius 3 is 2.15 bits per heavy atom. The summed E-state index contributed by atoms with van der Waals surface area (Å²) in [6.07, 6.45) is 1.31. The normalized spacial score (nSPS) is 13.7. The van der Waals surface area contributed by atoms with Gasteiger partial charge in [-0.2, -0.15) is 0 Å². The summed E-state index contributed by atoms with van der Waals surface area (Å²) >= 11 is 0. The van der Waals surface area contributed by atoms with Crippen molar-refractivity contribution in [3.05, 3.63) is 49.6 Å². The molecule has 26 heavy (non-hydrogen) atoms. The third-order valence-electron chi connectivity index (χ3n) is 4.48. The summed E-state index contributed by atoms with van der Waals surface area (Å²) in [7, 11) is 3.17. The lowest BCUT2D eigenvalue weighted by atomic mass is 10.0. The van der Waals surface area contributed by atoms with E-state index in [0.29, 0.717) is 43.3 Å². The molecule has 0 saturated carbocycles. The molecule has 1 aliphatic rings. The van der Waals surface area contributed by atoms with E-state index in [4.69, 9.17) is 9.47 Å². The van der Waals surface area contributed by atoms with Crippen molar-refractivity contribution in [1.82, 2.24) is 9.97 Å². The van der Waals surface area contributed by atoms with E-state index in [0.717, 1.165) is 11.1 Å². The highest BCUT2D eigenvalue weighted by molar-refractivity contribution is 5.58. The number of benzene rings is 1. The van der Waals surface area contributed by atoms with Crippen LogP contribution in [0.1, 0.15) is 17.0 Å². The Labute approximate surface area is 149 Å². The zero-order valence-corrected chi connectivity index (χ0v) is 14.9. The van der Waals surface area contributed by atoms with Gasteiger partial charge in [-0.25, -0.2) is 4.98 Å². The molecule has 2 aromatic rings. The highest BCUT2D eigenvalue weighted by atomic mass is 16.6. The SMILES string of the molecule is COc1cc2c(cc1OC)CCN(c1nc(C)[nH]c(=O)c1[N+](=O)[O-])CC2. The molecule has 2 heterocycles. The van der Waals surface area contributed by atoms with Gasteiger partial charge in [0.1, 0.15) is 5.82 Å². The molecule has 138 valence electrons. The van der Waals surface area contributed by atoms with Gasteiger partial charge in [-0.15, -0.1) is 0 Å². The molecule has 0 unspecified atom stereocenters. The van der Waals surface area contributed by atoms with Crippen LogP contribution in [0.5, 0.6) is 11.5 Å². The Balaban J connectivity index is 1.98. The fourth-order valence-corrected chi connectivity index (χ4v) is 3.21. The number of fused-ring (bicyclic) bond motifs is 1. The van der Waals surface area contributed by atoms with Gasteiger partial charge in [-0.05, 0) is 43.0 Å². The number of hydrogen-bond acceptors (Lipinski definition) is 7. The second kappa shape index (κ2) is 7.03. The van der Waals surface area contributed by atoms with Crippen molar-refractivity contribution >= 4 is 11.5 Å². The number of H-pyrrole nitrogens is 1. The summed E-state index contributed by atoms with van der Waals surface area (Å²) in [4.78, 5) is 31.1. The van der Waals surface area contributed by atoms with Gasteiger partial charge in [0.15, 0.2) is 11.5 Å². The number of rotatable bonds is 4. The van der Waals surface area contributed by atoms with Crippen LogP contribution in [-0.4, -0.2) is 42.2 Å². The first-order chi connectivity index (χ1) is 12.4. The van der Waals surface area contributed by atoms with Crippen LogP contribution in [-0.2, 0) is 12.8 Å². The Morgan fingerprint density at radius 1 is 1.15 bits per heavy atom. The molecule has 3 rings (SSSR count). The number of aromatic nitrogens is 2. The number of nitrogens with one attached hydrogen (secondary N) is 1. The van der Waals surface area contributed by atoms with Gasteiger partial charge in [-0.3, -0.25) is 14.9 Å². The molecule has 9 nitrogen and oxygen atoms in total. The van der Waals surface area contributed by atoms with Crippen molar-refractivity contribution in [2.45, 2.75) is 19.8 Å². The molecule has 0 atom stereocenters. The molecular formula is C17H20N4O5. The topological polar surface area (TPSA) is 111 Å². The number of anilines is 1. The van der Waals surface area contributed by atoms with E-state index in [2.05, 4.69) is 9.97 Å². The minimum atomic E-state index is -0.734. The number of aromatic amines is 1. The van der Waals surface area contributed by atoms with E-state index in [1.54, 1.807) is 26.0 Å². The predicted octanol–water partition coefficient (Wildman–Crippen LogP) is 1.61. The van der Waals surface area contributed by atoms with Crippen molar-refractivity contribution in [1.29, 1.82) is 0 Å². The van der Waals surface area contributed by atoms with Crippen LogP contribution in [0.4, 0.5) is 11.5 Å². The Morgan fingerprint density at radius 2 is 1.69 bits per heavy atom. The van der Waals surface area contributed by atoms with Crippen LogP contribution in [0.25, 0.3) is 0 Å². The molecule has 1 aliphatic heterocycles. The number of ether oxygens (including phenoxy) is 2. The van der Waals surface area contributed by atoms with Gasteiger partial charge in [-0.1, -0.05) is 0 Å². The van der Waals surface area contributed by atoms with E-state index in [1.807, 2.05) is 12.1 Å². The molecule has 0 bridgehead atoms. The van der Waals surface area contributed by atoms with E-state index in [1.165, 1.54) is 0 Å². The minimum absolute atomic E-state index is 0.114. The van der Waals surface area contributed by atoms with E-state index in [9.17, 15) is 14.9 Å². The number of methoxy groups -OCH3 is 2. The largest absolute Gasteiger partial charge is 0.493 e. The fourth-order valence-electron chi connectivity index (χ4n) is 3.21. The first-order valence-electron chi connectivity index (χ1n) is 8.18. The van der Waals surface area contributed by atoms with Crippen molar-refractivity contribution < 1.29 is 14.4 Å². The maximum absolute atomic E-state index is 12.0. The average molecular weight is 360 g/mol. The Bertz CT molecular complexity index is 874. The highest BCUT2D eigenvalue weighted by Crippen LogP contribution is 2.33. The lowest BCUT2D eigenvalue weighted by Crippen LogP contribution is -2.30. The van der Waals surface area contributed by atoms with E-state index >= 15 is 0 Å². The van der Waals surface area contributed by atoms with Gasteiger partial charge in [0.25, 0.3) is 0 Å². The van der Waals surface area contributed by atoms with Gasteiger partial charge < -0.3 is 19.4 Å². The van der Waals surface area contributed by atoms with Gasteiger partial charge >= 0.3 is 11.2 Å². The molecule has 1 aromatic carbocycles. The van der Waals surface area contributed by atoms with Crippen LogP contribution in [0, 0.1) is 17.0 Å². The molecule has 0 saturated heterocycles.